The Morgan fingerprint density at radius 1 is 1.07 bits per heavy atom. The van der Waals surface area contributed by atoms with Gasteiger partial charge in [-0.3, -0.25) is 5.43 Å². The second-order valence-corrected chi connectivity index (χ2v) is 6.62. The summed E-state index contributed by atoms with van der Waals surface area (Å²) in [5, 5.41) is 3.31. The Kier molecular flexibility index (Phi) is 3.97. The summed E-state index contributed by atoms with van der Waals surface area (Å²) >= 11 is 2.11. The van der Waals surface area contributed by atoms with Gasteiger partial charge in [0, 0.05) is 23.4 Å². The van der Waals surface area contributed by atoms with Gasteiger partial charge in [0.1, 0.15) is 0 Å². The summed E-state index contributed by atoms with van der Waals surface area (Å²) in [6.07, 6.45) is 5.44. The molecule has 0 aromatic carbocycles. The van der Waals surface area contributed by atoms with Crippen LogP contribution in [0.1, 0.15) is 46.5 Å². The van der Waals surface area contributed by atoms with Gasteiger partial charge >= 0.3 is 0 Å². The number of hydrogen-bond acceptors (Lipinski definition) is 3. The van der Waals surface area contributed by atoms with E-state index in [2.05, 4.69) is 43.0 Å². The first-order valence-corrected chi connectivity index (χ1v) is 7.39. The Labute approximate surface area is 98.1 Å². The molecule has 0 radical (unpaired) electrons. The van der Waals surface area contributed by atoms with Crippen LogP contribution in [0, 0.1) is 0 Å². The summed E-state index contributed by atoms with van der Waals surface area (Å²) in [7, 11) is 0. The first kappa shape index (κ1) is 11.7. The number of thioether (sulfide) groups is 1. The monoisotopic (exact) mass is 228 g/mol. The zero-order chi connectivity index (χ0) is 10.8. The average molecular weight is 228 g/mol. The molecular formula is C12H24N2S. The summed E-state index contributed by atoms with van der Waals surface area (Å²) in [6.45, 7) is 7.07. The van der Waals surface area contributed by atoms with E-state index in [1.807, 2.05) is 0 Å². The fourth-order valence-corrected chi connectivity index (χ4v) is 3.96. The van der Waals surface area contributed by atoms with Crippen molar-refractivity contribution in [3.8, 4) is 0 Å². The molecule has 2 nitrogen and oxygen atoms in total. The second kappa shape index (κ2) is 5.07. The highest BCUT2D eigenvalue weighted by molar-refractivity contribution is 8.00. The van der Waals surface area contributed by atoms with Crippen LogP contribution in [-0.2, 0) is 0 Å². The van der Waals surface area contributed by atoms with Crippen LogP contribution in [0.5, 0.6) is 0 Å². The van der Waals surface area contributed by atoms with Crippen molar-refractivity contribution in [1.29, 1.82) is 0 Å². The van der Waals surface area contributed by atoms with Crippen molar-refractivity contribution in [3.05, 3.63) is 0 Å². The summed E-state index contributed by atoms with van der Waals surface area (Å²) in [4.78, 5) is 0. The number of piperidine rings is 1. The standard InChI is InChI=1S/C12H24N2S/c1-9-5-4-6-10(2)14(9)13-12-7-8-15-11(12)3/h9-13H,4-8H2,1-3H3. The molecule has 0 bridgehead atoms. The molecule has 0 aromatic heterocycles. The van der Waals surface area contributed by atoms with E-state index in [-0.39, 0.29) is 0 Å². The Morgan fingerprint density at radius 3 is 2.27 bits per heavy atom. The maximum absolute atomic E-state index is 3.78. The quantitative estimate of drug-likeness (QED) is 0.782. The third-order valence-electron chi connectivity index (χ3n) is 3.88. The van der Waals surface area contributed by atoms with E-state index in [1.165, 1.54) is 31.4 Å². The summed E-state index contributed by atoms with van der Waals surface area (Å²) in [5.74, 6) is 1.33. The number of rotatable bonds is 2. The molecule has 88 valence electrons. The Bertz CT molecular complexity index is 200. The maximum Gasteiger partial charge on any atom is 0.0339 e. The Balaban J connectivity index is 1.90. The van der Waals surface area contributed by atoms with Crippen molar-refractivity contribution in [1.82, 2.24) is 10.4 Å². The Morgan fingerprint density at radius 2 is 1.73 bits per heavy atom. The normalized spacial score (nSPS) is 43.4. The lowest BCUT2D eigenvalue weighted by Crippen LogP contribution is -2.56. The number of nitrogens with zero attached hydrogens (tertiary/aromatic N) is 1. The van der Waals surface area contributed by atoms with Gasteiger partial charge in [0.2, 0.25) is 0 Å². The highest BCUT2D eigenvalue weighted by Gasteiger charge is 2.30. The highest BCUT2D eigenvalue weighted by Crippen LogP contribution is 2.28. The topological polar surface area (TPSA) is 15.3 Å². The minimum absolute atomic E-state index is 0.706. The number of hydrazine groups is 1. The van der Waals surface area contributed by atoms with Gasteiger partial charge in [-0.05, 0) is 38.9 Å². The van der Waals surface area contributed by atoms with Gasteiger partial charge in [0.05, 0.1) is 0 Å². The van der Waals surface area contributed by atoms with Crippen molar-refractivity contribution in [2.24, 2.45) is 0 Å². The minimum atomic E-state index is 0.706. The third kappa shape index (κ3) is 2.69. The van der Waals surface area contributed by atoms with E-state index in [1.54, 1.807) is 0 Å². The van der Waals surface area contributed by atoms with Crippen LogP contribution in [0.4, 0.5) is 0 Å². The van der Waals surface area contributed by atoms with Gasteiger partial charge in [0.15, 0.2) is 0 Å². The highest BCUT2D eigenvalue weighted by atomic mass is 32.2. The van der Waals surface area contributed by atoms with Crippen LogP contribution in [-0.4, -0.2) is 34.1 Å². The predicted molar refractivity (Wildman–Crippen MR) is 68.1 cm³/mol. The lowest BCUT2D eigenvalue weighted by atomic mass is 9.99. The fourth-order valence-electron chi connectivity index (χ4n) is 2.77. The van der Waals surface area contributed by atoms with Gasteiger partial charge < -0.3 is 0 Å². The third-order valence-corrected chi connectivity index (χ3v) is 5.21. The second-order valence-electron chi connectivity index (χ2n) is 5.14. The number of hydrogen-bond donors (Lipinski definition) is 1. The van der Waals surface area contributed by atoms with Gasteiger partial charge in [-0.25, -0.2) is 5.01 Å². The first-order chi connectivity index (χ1) is 7.18. The van der Waals surface area contributed by atoms with Gasteiger partial charge in [-0.2, -0.15) is 11.8 Å². The van der Waals surface area contributed by atoms with Crippen molar-refractivity contribution in [2.45, 2.75) is 69.8 Å². The van der Waals surface area contributed by atoms with Gasteiger partial charge in [0.25, 0.3) is 0 Å². The molecule has 2 aliphatic rings. The molecule has 2 fully saturated rings. The first-order valence-electron chi connectivity index (χ1n) is 6.34. The van der Waals surface area contributed by atoms with Crippen LogP contribution in [0.25, 0.3) is 0 Å². The lowest BCUT2D eigenvalue weighted by Gasteiger charge is -2.41. The molecule has 4 unspecified atom stereocenters. The molecule has 0 amide bonds. The van der Waals surface area contributed by atoms with Crippen LogP contribution in [0.2, 0.25) is 0 Å². The minimum Gasteiger partial charge on any atom is -0.250 e. The molecule has 0 spiro atoms. The van der Waals surface area contributed by atoms with E-state index in [4.69, 9.17) is 0 Å². The van der Waals surface area contributed by atoms with Crippen molar-refractivity contribution in [3.63, 3.8) is 0 Å². The fraction of sp³-hybridized carbons (Fsp3) is 1.00. The molecular weight excluding hydrogens is 204 g/mol. The smallest absolute Gasteiger partial charge is 0.0339 e. The molecule has 0 saturated carbocycles. The zero-order valence-corrected chi connectivity index (χ0v) is 11.0. The predicted octanol–water partition coefficient (Wildman–Crippen LogP) is 2.65. The SMILES string of the molecule is CC1SCCC1NN1C(C)CCCC1C. The molecule has 4 atom stereocenters. The van der Waals surface area contributed by atoms with Crippen LogP contribution >= 0.6 is 11.8 Å². The van der Waals surface area contributed by atoms with E-state index >= 15 is 0 Å². The molecule has 0 aliphatic carbocycles. The summed E-state index contributed by atoms with van der Waals surface area (Å²) < 4.78 is 0. The molecule has 2 rings (SSSR count). The Hall–Kier alpha value is 0.270. The number of nitrogens with one attached hydrogen (secondary N) is 1. The molecule has 15 heavy (non-hydrogen) atoms. The van der Waals surface area contributed by atoms with Crippen molar-refractivity contribution < 1.29 is 0 Å². The molecule has 2 aliphatic heterocycles. The van der Waals surface area contributed by atoms with Crippen LogP contribution in [0.3, 0.4) is 0 Å². The summed E-state index contributed by atoms with van der Waals surface area (Å²) in [5.41, 5.74) is 3.78. The lowest BCUT2D eigenvalue weighted by molar-refractivity contribution is 0.0303. The largest absolute Gasteiger partial charge is 0.250 e. The van der Waals surface area contributed by atoms with Crippen molar-refractivity contribution in [2.75, 3.05) is 5.75 Å². The average Bonchev–Trinajstić information content (AvgIpc) is 2.58. The van der Waals surface area contributed by atoms with E-state index in [9.17, 15) is 0 Å². The summed E-state index contributed by atoms with van der Waals surface area (Å²) in [6, 6.07) is 2.14. The van der Waals surface area contributed by atoms with E-state index < -0.39 is 0 Å². The van der Waals surface area contributed by atoms with Crippen LogP contribution < -0.4 is 5.43 Å². The zero-order valence-electron chi connectivity index (χ0n) is 10.2. The van der Waals surface area contributed by atoms with Gasteiger partial charge in [-0.15, -0.1) is 0 Å². The molecule has 2 saturated heterocycles. The van der Waals surface area contributed by atoms with E-state index in [0.717, 1.165) is 5.25 Å². The van der Waals surface area contributed by atoms with Gasteiger partial charge in [-0.1, -0.05) is 13.3 Å². The maximum atomic E-state index is 3.78. The molecule has 3 heteroatoms. The van der Waals surface area contributed by atoms with Crippen molar-refractivity contribution >= 4 is 11.8 Å². The molecule has 2 heterocycles. The molecule has 0 aromatic rings. The van der Waals surface area contributed by atoms with E-state index in [0.29, 0.717) is 18.1 Å². The van der Waals surface area contributed by atoms with Crippen LogP contribution in [0.15, 0.2) is 0 Å². The molecule has 1 N–H and O–H groups in total.